The van der Waals surface area contributed by atoms with Crippen molar-refractivity contribution in [2.24, 2.45) is 0 Å². The van der Waals surface area contributed by atoms with Crippen LogP contribution in [0.4, 0.5) is 36.6 Å². The van der Waals surface area contributed by atoms with Gasteiger partial charge in [0.05, 0.1) is 19.4 Å². The van der Waals surface area contributed by atoms with Gasteiger partial charge in [-0.3, -0.25) is 0 Å². The predicted octanol–water partition coefficient (Wildman–Crippen LogP) is 2.84. The summed E-state index contributed by atoms with van der Waals surface area (Å²) < 4.78 is 48.6. The summed E-state index contributed by atoms with van der Waals surface area (Å²) in [6.45, 7) is -0.640. The van der Waals surface area contributed by atoms with Crippen molar-refractivity contribution < 1.29 is 22.6 Å². The molecule has 31 heavy (non-hydrogen) atoms. The molecule has 12 heteroatoms. The molecule has 1 aromatic carbocycles. The largest absolute Gasteiger partial charge is 0.435 e. The summed E-state index contributed by atoms with van der Waals surface area (Å²) in [5.41, 5.74) is 6.98. The van der Waals surface area contributed by atoms with Crippen LogP contribution in [0.25, 0.3) is 11.1 Å². The van der Waals surface area contributed by atoms with Crippen LogP contribution in [0.3, 0.4) is 0 Å². The van der Waals surface area contributed by atoms with Gasteiger partial charge in [-0.05, 0) is 23.8 Å². The Bertz CT molecular complexity index is 1050. The Balaban J connectivity index is 1.57. The minimum absolute atomic E-state index is 0.0105. The van der Waals surface area contributed by atoms with Crippen molar-refractivity contribution in [3.05, 3.63) is 42.3 Å². The molecule has 9 nitrogen and oxygen atoms in total. The lowest BCUT2D eigenvalue weighted by Crippen LogP contribution is -2.37. The van der Waals surface area contributed by atoms with Crippen LogP contribution in [-0.2, 0) is 4.74 Å². The van der Waals surface area contributed by atoms with Crippen LogP contribution in [0.2, 0.25) is 0 Å². The molecule has 0 amide bonds. The van der Waals surface area contributed by atoms with Gasteiger partial charge in [0, 0.05) is 18.7 Å². The van der Waals surface area contributed by atoms with Crippen LogP contribution < -0.4 is 20.7 Å². The number of alkyl halides is 2. The second kappa shape index (κ2) is 9.00. The first kappa shape index (κ1) is 20.6. The van der Waals surface area contributed by atoms with E-state index in [1.807, 2.05) is 4.90 Å². The van der Waals surface area contributed by atoms with Crippen molar-refractivity contribution in [1.29, 1.82) is 0 Å². The average Bonchev–Trinajstić information content (AvgIpc) is 2.77. The first-order chi connectivity index (χ1) is 15.0. The molecular formula is C19H18F3N7O2. The highest BCUT2D eigenvalue weighted by Gasteiger charge is 2.17. The van der Waals surface area contributed by atoms with Crippen LogP contribution >= 0.6 is 0 Å². The molecule has 0 aliphatic carbocycles. The van der Waals surface area contributed by atoms with E-state index in [-0.39, 0.29) is 23.2 Å². The normalized spacial score (nSPS) is 14.0. The number of rotatable bonds is 6. The number of nitrogen functional groups attached to an aromatic ring is 1. The van der Waals surface area contributed by atoms with Gasteiger partial charge >= 0.3 is 6.61 Å². The molecule has 0 radical (unpaired) electrons. The van der Waals surface area contributed by atoms with Gasteiger partial charge in [-0.1, -0.05) is 12.1 Å². The summed E-state index contributed by atoms with van der Waals surface area (Å²) in [5, 5.41) is 10.6. The Morgan fingerprint density at radius 1 is 1.13 bits per heavy atom. The Labute approximate surface area is 175 Å². The van der Waals surface area contributed by atoms with E-state index in [9.17, 15) is 13.2 Å². The summed E-state index contributed by atoms with van der Waals surface area (Å²) in [6.07, 6.45) is 1.08. The number of morpholine rings is 1. The van der Waals surface area contributed by atoms with E-state index in [4.69, 9.17) is 10.5 Å². The number of ether oxygens (including phenoxy) is 2. The maximum atomic E-state index is 14.3. The lowest BCUT2D eigenvalue weighted by Gasteiger charge is -2.26. The van der Waals surface area contributed by atoms with E-state index in [0.29, 0.717) is 43.4 Å². The highest BCUT2D eigenvalue weighted by Crippen LogP contribution is 2.29. The monoisotopic (exact) mass is 433 g/mol. The second-order valence-electron chi connectivity index (χ2n) is 6.52. The third-order valence-corrected chi connectivity index (χ3v) is 4.48. The van der Waals surface area contributed by atoms with Gasteiger partial charge < -0.3 is 25.4 Å². The summed E-state index contributed by atoms with van der Waals surface area (Å²) in [4.78, 5) is 10.2. The Kier molecular flexibility index (Phi) is 5.98. The van der Waals surface area contributed by atoms with Crippen LogP contribution in [0.5, 0.6) is 5.75 Å². The molecule has 3 N–H and O–H groups in total. The van der Waals surface area contributed by atoms with Crippen LogP contribution in [0.15, 0.2) is 36.5 Å². The van der Waals surface area contributed by atoms with Crippen LogP contribution in [-0.4, -0.2) is 53.1 Å². The molecule has 1 fully saturated rings. The fraction of sp³-hybridized carbons (Fsp3) is 0.263. The Hall–Kier alpha value is -3.67. The standard InChI is InChI=1S/C19H18F3N7O2/c20-14-10-24-19(29-5-7-30-8-6-29)26-17(14)25-15-9-13(16(23)28-27-15)11-1-3-12(4-2-11)31-18(21)22/h1-4,9-10,18H,5-8H2,(H2,23,28)(H,24,25,26,27). The molecule has 1 aliphatic heterocycles. The minimum Gasteiger partial charge on any atom is -0.435 e. The second-order valence-corrected chi connectivity index (χ2v) is 6.52. The number of benzene rings is 1. The van der Waals surface area contributed by atoms with Crippen LogP contribution in [0, 0.1) is 5.82 Å². The minimum atomic E-state index is -2.92. The number of hydrogen-bond acceptors (Lipinski definition) is 9. The van der Waals surface area contributed by atoms with E-state index >= 15 is 0 Å². The maximum Gasteiger partial charge on any atom is 0.387 e. The summed E-state index contributed by atoms with van der Waals surface area (Å²) >= 11 is 0. The number of hydrogen-bond donors (Lipinski definition) is 2. The number of nitrogens with one attached hydrogen (secondary N) is 1. The zero-order valence-electron chi connectivity index (χ0n) is 16.1. The molecule has 0 saturated carbocycles. The molecule has 162 valence electrons. The van der Waals surface area contributed by atoms with Crippen LogP contribution in [0.1, 0.15) is 0 Å². The summed E-state index contributed by atoms with van der Waals surface area (Å²) in [5.74, 6) is -0.0393. The van der Waals surface area contributed by atoms with Crippen molar-refractivity contribution in [2.75, 3.05) is 42.3 Å². The molecule has 3 aromatic rings. The highest BCUT2D eigenvalue weighted by atomic mass is 19.3. The first-order valence-corrected chi connectivity index (χ1v) is 9.30. The molecule has 4 rings (SSSR count). The average molecular weight is 433 g/mol. The van der Waals surface area contributed by atoms with E-state index in [1.54, 1.807) is 18.2 Å². The molecule has 1 saturated heterocycles. The summed E-state index contributed by atoms with van der Waals surface area (Å²) in [7, 11) is 0. The van der Waals surface area contributed by atoms with E-state index in [1.165, 1.54) is 12.1 Å². The molecule has 0 spiro atoms. The Morgan fingerprint density at radius 2 is 1.87 bits per heavy atom. The van der Waals surface area contributed by atoms with Gasteiger partial charge in [-0.25, -0.2) is 9.37 Å². The quantitative estimate of drug-likeness (QED) is 0.606. The van der Waals surface area contributed by atoms with Gasteiger partial charge in [0.2, 0.25) is 5.95 Å². The molecule has 1 aliphatic rings. The number of anilines is 4. The molecule has 0 bridgehead atoms. The first-order valence-electron chi connectivity index (χ1n) is 9.30. The smallest absolute Gasteiger partial charge is 0.387 e. The third-order valence-electron chi connectivity index (χ3n) is 4.48. The van der Waals surface area contributed by atoms with Gasteiger partial charge in [0.1, 0.15) is 5.75 Å². The van der Waals surface area contributed by atoms with E-state index < -0.39 is 12.4 Å². The van der Waals surface area contributed by atoms with Crippen molar-refractivity contribution in [3.8, 4) is 16.9 Å². The molecule has 0 atom stereocenters. The molecule has 2 aromatic heterocycles. The number of aromatic nitrogens is 4. The predicted molar refractivity (Wildman–Crippen MR) is 107 cm³/mol. The lowest BCUT2D eigenvalue weighted by molar-refractivity contribution is -0.0498. The molecule has 0 unspecified atom stereocenters. The van der Waals surface area contributed by atoms with Gasteiger partial charge in [0.25, 0.3) is 0 Å². The number of nitrogens with zero attached hydrogens (tertiary/aromatic N) is 5. The van der Waals surface area contributed by atoms with Gasteiger partial charge in [-0.2, -0.15) is 13.8 Å². The lowest BCUT2D eigenvalue weighted by atomic mass is 10.1. The molecule has 3 heterocycles. The Morgan fingerprint density at radius 3 is 2.58 bits per heavy atom. The number of halogens is 3. The highest BCUT2D eigenvalue weighted by molar-refractivity contribution is 5.76. The SMILES string of the molecule is Nc1nnc(Nc2nc(N3CCOCC3)ncc2F)cc1-c1ccc(OC(F)F)cc1. The topological polar surface area (TPSA) is 111 Å². The van der Waals surface area contributed by atoms with E-state index in [0.717, 1.165) is 6.20 Å². The fourth-order valence-corrected chi connectivity index (χ4v) is 2.99. The van der Waals surface area contributed by atoms with Gasteiger partial charge in [-0.15, -0.1) is 10.2 Å². The maximum absolute atomic E-state index is 14.3. The zero-order valence-corrected chi connectivity index (χ0v) is 16.1. The van der Waals surface area contributed by atoms with Crippen molar-refractivity contribution in [2.45, 2.75) is 6.61 Å². The third kappa shape index (κ3) is 4.91. The van der Waals surface area contributed by atoms with Crippen molar-refractivity contribution >= 4 is 23.4 Å². The molecular weight excluding hydrogens is 415 g/mol. The fourth-order valence-electron chi connectivity index (χ4n) is 2.99. The van der Waals surface area contributed by atoms with Gasteiger partial charge in [0.15, 0.2) is 23.3 Å². The van der Waals surface area contributed by atoms with Crippen molar-refractivity contribution in [1.82, 2.24) is 20.2 Å². The van der Waals surface area contributed by atoms with Crippen molar-refractivity contribution in [3.63, 3.8) is 0 Å². The number of nitrogens with two attached hydrogens (primary N) is 1. The van der Waals surface area contributed by atoms with E-state index in [2.05, 4.69) is 30.2 Å². The summed E-state index contributed by atoms with van der Waals surface area (Å²) in [6, 6.07) is 7.43. The zero-order chi connectivity index (χ0) is 21.8.